The molecule has 0 atom stereocenters. The van der Waals surface area contributed by atoms with Gasteiger partial charge in [-0.05, 0) is 12.1 Å². The molecule has 0 aliphatic rings. The number of nitrogens with zero attached hydrogens (tertiary/aromatic N) is 1. The van der Waals surface area contributed by atoms with E-state index in [4.69, 9.17) is 4.74 Å². The first-order valence-corrected chi connectivity index (χ1v) is 4.21. The van der Waals surface area contributed by atoms with Crippen LogP contribution in [0.4, 0.5) is 5.69 Å². The van der Waals surface area contributed by atoms with Crippen LogP contribution in [0.25, 0.3) is 0 Å². The van der Waals surface area contributed by atoms with Gasteiger partial charge in [-0.1, -0.05) is 0 Å². The highest BCUT2D eigenvalue weighted by Crippen LogP contribution is 2.16. The minimum atomic E-state index is -0.497. The van der Waals surface area contributed by atoms with Gasteiger partial charge in [0, 0.05) is 19.2 Å². The Labute approximate surface area is 86.0 Å². The van der Waals surface area contributed by atoms with Crippen molar-refractivity contribution >= 4 is 11.6 Å². The summed E-state index contributed by atoms with van der Waals surface area (Å²) in [6.45, 7) is -0.103. The number of rotatable bonds is 4. The van der Waals surface area contributed by atoms with E-state index in [1.54, 1.807) is 0 Å². The predicted molar refractivity (Wildman–Crippen MR) is 52.7 cm³/mol. The number of benzene rings is 1. The fourth-order valence-corrected chi connectivity index (χ4v) is 0.885. The number of non-ortho nitro benzene ring substituents is 1. The quantitative estimate of drug-likeness (QED) is 0.586. The van der Waals surface area contributed by atoms with Crippen molar-refractivity contribution in [2.75, 3.05) is 13.7 Å². The maximum Gasteiger partial charge on any atom is 0.269 e. The van der Waals surface area contributed by atoms with Crippen molar-refractivity contribution in [3.05, 3.63) is 34.4 Å². The largest absolute Gasteiger partial charge is 0.484 e. The second kappa shape index (κ2) is 4.94. The molecule has 0 unspecified atom stereocenters. The molecule has 0 fully saturated rings. The summed E-state index contributed by atoms with van der Waals surface area (Å²) in [5.41, 5.74) is -0.0118. The van der Waals surface area contributed by atoms with Crippen LogP contribution >= 0.6 is 0 Å². The lowest BCUT2D eigenvalue weighted by atomic mass is 10.3. The van der Waals surface area contributed by atoms with Crippen LogP contribution in [-0.2, 0) is 4.79 Å². The normalized spacial score (nSPS) is 9.40. The molecule has 0 aromatic heterocycles. The second-order valence-corrected chi connectivity index (χ2v) is 2.71. The van der Waals surface area contributed by atoms with Gasteiger partial charge in [0.15, 0.2) is 6.61 Å². The van der Waals surface area contributed by atoms with Crippen molar-refractivity contribution in [3.8, 4) is 5.75 Å². The maximum absolute atomic E-state index is 10.8. The summed E-state index contributed by atoms with van der Waals surface area (Å²) in [6.07, 6.45) is 0. The molecule has 1 amide bonds. The van der Waals surface area contributed by atoms with Crippen LogP contribution in [-0.4, -0.2) is 24.5 Å². The summed E-state index contributed by atoms with van der Waals surface area (Å²) in [4.78, 5) is 20.6. The number of ether oxygens (including phenoxy) is 1. The summed E-state index contributed by atoms with van der Waals surface area (Å²) in [5, 5.41) is 12.7. The number of hydrogen-bond acceptors (Lipinski definition) is 4. The van der Waals surface area contributed by atoms with E-state index in [9.17, 15) is 14.9 Å². The van der Waals surface area contributed by atoms with Crippen molar-refractivity contribution in [1.82, 2.24) is 5.32 Å². The van der Waals surface area contributed by atoms with Gasteiger partial charge in [-0.3, -0.25) is 14.9 Å². The molecule has 0 aliphatic heterocycles. The molecule has 0 spiro atoms. The van der Waals surface area contributed by atoms with E-state index >= 15 is 0 Å². The highest BCUT2D eigenvalue weighted by molar-refractivity contribution is 5.77. The fourth-order valence-electron chi connectivity index (χ4n) is 0.885. The van der Waals surface area contributed by atoms with Crippen molar-refractivity contribution in [2.45, 2.75) is 0 Å². The lowest BCUT2D eigenvalue weighted by Gasteiger charge is -2.03. The third kappa shape index (κ3) is 3.26. The molecule has 0 saturated heterocycles. The molecule has 1 rings (SSSR count). The average Bonchev–Trinajstić information content (AvgIpc) is 2.26. The van der Waals surface area contributed by atoms with E-state index in [-0.39, 0.29) is 18.2 Å². The first kappa shape index (κ1) is 11.0. The van der Waals surface area contributed by atoms with Gasteiger partial charge in [-0.2, -0.15) is 0 Å². The van der Waals surface area contributed by atoms with E-state index in [0.29, 0.717) is 5.75 Å². The Balaban J connectivity index is 2.57. The molecule has 0 bridgehead atoms. The van der Waals surface area contributed by atoms with E-state index < -0.39 is 4.92 Å². The van der Waals surface area contributed by atoms with Crippen LogP contribution in [0, 0.1) is 10.1 Å². The van der Waals surface area contributed by atoms with Crippen molar-refractivity contribution in [3.63, 3.8) is 0 Å². The number of likely N-dealkylation sites (N-methyl/N-ethyl adjacent to an activating group) is 1. The molecule has 80 valence electrons. The van der Waals surface area contributed by atoms with Gasteiger partial charge in [0.05, 0.1) is 4.92 Å². The van der Waals surface area contributed by atoms with Crippen LogP contribution < -0.4 is 10.1 Å². The fraction of sp³-hybridized carbons (Fsp3) is 0.222. The van der Waals surface area contributed by atoms with E-state index in [1.807, 2.05) is 0 Å². The molecular weight excluding hydrogens is 200 g/mol. The first-order valence-electron chi connectivity index (χ1n) is 4.21. The summed E-state index contributed by atoms with van der Waals surface area (Å²) >= 11 is 0. The molecule has 0 saturated carbocycles. The van der Waals surface area contributed by atoms with Crippen LogP contribution in [0.15, 0.2) is 24.3 Å². The lowest BCUT2D eigenvalue weighted by molar-refractivity contribution is -0.384. The second-order valence-electron chi connectivity index (χ2n) is 2.71. The SMILES string of the molecule is CNC(=O)COc1ccc([N+](=O)[O-])cc1. The Morgan fingerprint density at radius 2 is 2.07 bits per heavy atom. The summed E-state index contributed by atoms with van der Waals surface area (Å²) in [5.74, 6) is 0.164. The number of carbonyl (C=O) groups is 1. The van der Waals surface area contributed by atoms with Crippen LogP contribution in [0.3, 0.4) is 0 Å². The smallest absolute Gasteiger partial charge is 0.269 e. The zero-order valence-corrected chi connectivity index (χ0v) is 8.10. The summed E-state index contributed by atoms with van der Waals surface area (Å²) < 4.78 is 5.06. The zero-order valence-electron chi connectivity index (χ0n) is 8.10. The Bertz CT molecular complexity index is 361. The van der Waals surface area contributed by atoms with Gasteiger partial charge in [0.2, 0.25) is 0 Å². The van der Waals surface area contributed by atoms with E-state index in [0.717, 1.165) is 0 Å². The van der Waals surface area contributed by atoms with Gasteiger partial charge < -0.3 is 10.1 Å². The molecule has 1 N–H and O–H groups in total. The number of amides is 1. The van der Waals surface area contributed by atoms with Crippen molar-refractivity contribution in [2.24, 2.45) is 0 Å². The van der Waals surface area contributed by atoms with E-state index in [2.05, 4.69) is 5.32 Å². The monoisotopic (exact) mass is 210 g/mol. The predicted octanol–water partition coefficient (Wildman–Crippen LogP) is 0.720. The Hall–Kier alpha value is -2.11. The highest BCUT2D eigenvalue weighted by Gasteiger charge is 2.05. The number of nitrogens with one attached hydrogen (secondary N) is 1. The minimum absolute atomic E-state index is 0.0118. The number of nitro groups is 1. The minimum Gasteiger partial charge on any atom is -0.484 e. The molecule has 0 heterocycles. The topological polar surface area (TPSA) is 81.5 Å². The highest BCUT2D eigenvalue weighted by atomic mass is 16.6. The average molecular weight is 210 g/mol. The first-order chi connectivity index (χ1) is 7.13. The summed E-state index contributed by atoms with van der Waals surface area (Å²) in [7, 11) is 1.50. The third-order valence-electron chi connectivity index (χ3n) is 1.70. The van der Waals surface area contributed by atoms with Crippen LogP contribution in [0.2, 0.25) is 0 Å². The Morgan fingerprint density at radius 3 is 2.53 bits per heavy atom. The third-order valence-corrected chi connectivity index (χ3v) is 1.70. The molecule has 1 aromatic carbocycles. The van der Waals surface area contributed by atoms with Crippen molar-refractivity contribution in [1.29, 1.82) is 0 Å². The summed E-state index contributed by atoms with van der Waals surface area (Å²) in [6, 6.07) is 5.53. The molecule has 6 heteroatoms. The molecule has 0 aliphatic carbocycles. The van der Waals surface area contributed by atoms with Gasteiger partial charge in [0.1, 0.15) is 5.75 Å². The van der Waals surface area contributed by atoms with Gasteiger partial charge in [0.25, 0.3) is 11.6 Å². The van der Waals surface area contributed by atoms with Gasteiger partial charge >= 0.3 is 0 Å². The molecule has 0 radical (unpaired) electrons. The zero-order chi connectivity index (χ0) is 11.3. The van der Waals surface area contributed by atoms with Crippen LogP contribution in [0.1, 0.15) is 0 Å². The van der Waals surface area contributed by atoms with Crippen LogP contribution in [0.5, 0.6) is 5.75 Å². The van der Waals surface area contributed by atoms with E-state index in [1.165, 1.54) is 31.3 Å². The van der Waals surface area contributed by atoms with Gasteiger partial charge in [-0.25, -0.2) is 0 Å². The van der Waals surface area contributed by atoms with Gasteiger partial charge in [-0.15, -0.1) is 0 Å². The molecular formula is C9H10N2O4. The Morgan fingerprint density at radius 1 is 1.47 bits per heavy atom. The standard InChI is InChI=1S/C9H10N2O4/c1-10-9(12)6-15-8-4-2-7(3-5-8)11(13)14/h2-5H,6H2,1H3,(H,10,12). The Kier molecular flexibility index (Phi) is 3.61. The lowest BCUT2D eigenvalue weighted by Crippen LogP contribution is -2.24. The maximum atomic E-state index is 10.8. The molecule has 1 aromatic rings. The van der Waals surface area contributed by atoms with Crippen molar-refractivity contribution < 1.29 is 14.5 Å². The molecule has 15 heavy (non-hydrogen) atoms. The molecule has 6 nitrogen and oxygen atoms in total. The number of carbonyl (C=O) groups excluding carboxylic acids is 1. The number of hydrogen-bond donors (Lipinski definition) is 1. The number of nitro benzene ring substituents is 1.